The zero-order valence-corrected chi connectivity index (χ0v) is 15.6. The summed E-state index contributed by atoms with van der Waals surface area (Å²) in [6, 6.07) is 3.66. The van der Waals surface area contributed by atoms with Crippen molar-refractivity contribution in [3.05, 3.63) is 36.5 Å². The molecule has 1 aliphatic rings. The quantitative estimate of drug-likeness (QED) is 0.714. The molecule has 25 heavy (non-hydrogen) atoms. The second-order valence-electron chi connectivity index (χ2n) is 7.23. The van der Waals surface area contributed by atoms with Crippen molar-refractivity contribution in [1.82, 2.24) is 9.88 Å². The molecule has 0 aliphatic carbocycles. The van der Waals surface area contributed by atoms with Crippen LogP contribution in [0.15, 0.2) is 31.0 Å². The Kier molecular flexibility index (Phi) is 6.73. The van der Waals surface area contributed by atoms with Gasteiger partial charge in [0.05, 0.1) is 5.56 Å². The van der Waals surface area contributed by atoms with E-state index in [0.29, 0.717) is 37.5 Å². The number of hydrogen-bond donors (Lipinski definition) is 0. The Hall–Kier alpha value is -2.17. The summed E-state index contributed by atoms with van der Waals surface area (Å²) in [4.78, 5) is 33.2. The van der Waals surface area contributed by atoms with Crippen molar-refractivity contribution in [3.8, 4) is 0 Å². The lowest BCUT2D eigenvalue weighted by molar-refractivity contribution is -0.124. The fourth-order valence-electron chi connectivity index (χ4n) is 3.20. The molecule has 1 aromatic heterocycles. The first-order valence-corrected chi connectivity index (χ1v) is 9.02. The largest absolute Gasteiger partial charge is 0.356 e. The van der Waals surface area contributed by atoms with Crippen LogP contribution in [-0.2, 0) is 4.79 Å². The summed E-state index contributed by atoms with van der Waals surface area (Å²) >= 11 is 0. The van der Waals surface area contributed by atoms with E-state index in [1.54, 1.807) is 11.1 Å². The average molecular weight is 343 g/mol. The number of ketones is 1. The third kappa shape index (κ3) is 5.15. The van der Waals surface area contributed by atoms with Crippen molar-refractivity contribution in [2.45, 2.75) is 33.1 Å². The Morgan fingerprint density at radius 1 is 1.44 bits per heavy atom. The lowest BCUT2D eigenvalue weighted by Gasteiger charge is -2.32. The highest BCUT2D eigenvalue weighted by atomic mass is 16.2. The fraction of sp³-hybridized carbons (Fsp3) is 0.550. The van der Waals surface area contributed by atoms with Crippen LogP contribution in [0.5, 0.6) is 0 Å². The highest BCUT2D eigenvalue weighted by Crippen LogP contribution is 2.22. The maximum Gasteiger partial charge on any atom is 0.255 e. The molecule has 1 aromatic rings. The molecular weight excluding hydrogens is 314 g/mol. The number of anilines is 1. The van der Waals surface area contributed by atoms with E-state index in [2.05, 4.69) is 25.4 Å². The predicted molar refractivity (Wildman–Crippen MR) is 101 cm³/mol. The van der Waals surface area contributed by atoms with Gasteiger partial charge in [-0.3, -0.25) is 9.59 Å². The van der Waals surface area contributed by atoms with E-state index in [1.807, 2.05) is 30.2 Å². The second kappa shape index (κ2) is 8.79. The first-order valence-electron chi connectivity index (χ1n) is 9.02. The molecule has 0 spiro atoms. The molecule has 0 unspecified atom stereocenters. The van der Waals surface area contributed by atoms with Crippen molar-refractivity contribution < 1.29 is 9.59 Å². The molecule has 1 aliphatic heterocycles. The van der Waals surface area contributed by atoms with E-state index >= 15 is 0 Å². The molecule has 0 aromatic carbocycles. The van der Waals surface area contributed by atoms with E-state index in [1.165, 1.54) is 0 Å². The zero-order chi connectivity index (χ0) is 18.4. The Labute approximate surface area is 150 Å². The van der Waals surface area contributed by atoms with Crippen LogP contribution >= 0.6 is 0 Å². The van der Waals surface area contributed by atoms with Crippen LogP contribution in [0.3, 0.4) is 0 Å². The number of likely N-dealkylation sites (tertiary alicyclic amines) is 1. The van der Waals surface area contributed by atoms with Gasteiger partial charge in [0.25, 0.3) is 5.91 Å². The summed E-state index contributed by atoms with van der Waals surface area (Å²) in [5.41, 5.74) is 0.577. The highest BCUT2D eigenvalue weighted by molar-refractivity contribution is 5.94. The van der Waals surface area contributed by atoms with Gasteiger partial charge in [-0.25, -0.2) is 4.98 Å². The molecule has 1 amide bonds. The van der Waals surface area contributed by atoms with Gasteiger partial charge < -0.3 is 9.80 Å². The third-order valence-electron chi connectivity index (χ3n) is 4.56. The van der Waals surface area contributed by atoms with Gasteiger partial charge in [0.1, 0.15) is 11.6 Å². The summed E-state index contributed by atoms with van der Waals surface area (Å²) in [6.07, 6.45) is 5.80. The standard InChI is InChI=1S/C20H29N3O2/c1-5-10-22(4)19-9-8-16(13-21-19)20(25)23-11-6-7-17(14-23)18(24)12-15(2)3/h5,8-9,13,15,17H,1,6-7,10-12,14H2,2-4H3/t17-/m1/s1. The minimum Gasteiger partial charge on any atom is -0.356 e. The smallest absolute Gasteiger partial charge is 0.255 e. The number of carbonyl (C=O) groups excluding carboxylic acids is 2. The van der Waals surface area contributed by atoms with Gasteiger partial charge in [-0.1, -0.05) is 19.9 Å². The molecule has 0 N–H and O–H groups in total. The van der Waals surface area contributed by atoms with Gasteiger partial charge in [-0.2, -0.15) is 0 Å². The van der Waals surface area contributed by atoms with Gasteiger partial charge in [0.2, 0.25) is 0 Å². The number of likely N-dealkylation sites (N-methyl/N-ethyl adjacent to an activating group) is 1. The van der Waals surface area contributed by atoms with Gasteiger partial charge >= 0.3 is 0 Å². The topological polar surface area (TPSA) is 53.5 Å². The van der Waals surface area contributed by atoms with E-state index in [-0.39, 0.29) is 17.6 Å². The number of rotatable bonds is 7. The SMILES string of the molecule is C=CCN(C)c1ccc(C(=O)N2CCC[C@@H](C(=O)CC(C)C)C2)cn1. The molecule has 5 nitrogen and oxygen atoms in total. The fourth-order valence-corrected chi connectivity index (χ4v) is 3.20. The van der Waals surface area contributed by atoms with Gasteiger partial charge in [-0.15, -0.1) is 6.58 Å². The van der Waals surface area contributed by atoms with Crippen LogP contribution in [0.4, 0.5) is 5.82 Å². The predicted octanol–water partition coefficient (Wildman–Crippen LogP) is 3.17. The molecule has 0 radical (unpaired) electrons. The van der Waals surface area contributed by atoms with Crippen molar-refractivity contribution in [2.75, 3.05) is 31.6 Å². The first kappa shape index (κ1) is 19.2. The number of aromatic nitrogens is 1. The first-order chi connectivity index (χ1) is 11.9. The maximum atomic E-state index is 12.7. The molecule has 2 heterocycles. The summed E-state index contributed by atoms with van der Waals surface area (Å²) < 4.78 is 0. The molecule has 1 fully saturated rings. The molecule has 2 rings (SSSR count). The number of pyridine rings is 1. The Balaban J connectivity index is 2.01. The van der Waals surface area contributed by atoms with Crippen LogP contribution in [0, 0.1) is 11.8 Å². The van der Waals surface area contributed by atoms with E-state index < -0.39 is 0 Å². The average Bonchev–Trinajstić information content (AvgIpc) is 2.61. The van der Waals surface area contributed by atoms with Crippen LogP contribution < -0.4 is 4.90 Å². The highest BCUT2D eigenvalue weighted by Gasteiger charge is 2.29. The van der Waals surface area contributed by atoms with Crippen LogP contribution in [0.2, 0.25) is 0 Å². The molecule has 136 valence electrons. The Morgan fingerprint density at radius 3 is 2.80 bits per heavy atom. The number of hydrogen-bond acceptors (Lipinski definition) is 4. The summed E-state index contributed by atoms with van der Waals surface area (Å²) in [5, 5.41) is 0. The van der Waals surface area contributed by atoms with Crippen molar-refractivity contribution in [1.29, 1.82) is 0 Å². The number of piperidine rings is 1. The van der Waals surface area contributed by atoms with Crippen LogP contribution in [0.25, 0.3) is 0 Å². The number of carbonyl (C=O) groups is 2. The van der Waals surface area contributed by atoms with Crippen LogP contribution in [0.1, 0.15) is 43.5 Å². The molecule has 5 heteroatoms. The van der Waals surface area contributed by atoms with Gasteiger partial charge in [0, 0.05) is 45.2 Å². The lowest BCUT2D eigenvalue weighted by atomic mass is 9.89. The second-order valence-corrected chi connectivity index (χ2v) is 7.23. The molecule has 0 saturated carbocycles. The summed E-state index contributed by atoms with van der Waals surface area (Å²) in [6.45, 7) is 9.77. The van der Waals surface area contributed by atoms with Crippen LogP contribution in [-0.4, -0.2) is 48.3 Å². The summed E-state index contributed by atoms with van der Waals surface area (Å²) in [5.74, 6) is 1.40. The Morgan fingerprint density at radius 2 is 2.20 bits per heavy atom. The normalized spacial score (nSPS) is 17.4. The lowest BCUT2D eigenvalue weighted by Crippen LogP contribution is -2.42. The van der Waals surface area contributed by atoms with Crippen molar-refractivity contribution in [3.63, 3.8) is 0 Å². The van der Waals surface area contributed by atoms with Gasteiger partial charge in [0.15, 0.2) is 0 Å². The van der Waals surface area contributed by atoms with Crippen molar-refractivity contribution >= 4 is 17.5 Å². The number of amides is 1. The zero-order valence-electron chi connectivity index (χ0n) is 15.6. The van der Waals surface area contributed by atoms with E-state index in [0.717, 1.165) is 18.7 Å². The minimum atomic E-state index is -0.0347. The van der Waals surface area contributed by atoms with E-state index in [9.17, 15) is 9.59 Å². The monoisotopic (exact) mass is 343 g/mol. The number of Topliss-reactive ketones (excluding diaryl/α,β-unsaturated/α-hetero) is 1. The molecular formula is C20H29N3O2. The van der Waals surface area contributed by atoms with Gasteiger partial charge in [-0.05, 0) is 30.9 Å². The molecule has 1 saturated heterocycles. The molecule has 1 atom stereocenters. The Bertz CT molecular complexity index is 610. The van der Waals surface area contributed by atoms with E-state index in [4.69, 9.17) is 0 Å². The maximum absolute atomic E-state index is 12.7. The van der Waals surface area contributed by atoms with Crippen molar-refractivity contribution in [2.24, 2.45) is 11.8 Å². The molecule has 0 bridgehead atoms. The minimum absolute atomic E-state index is 0.0222. The summed E-state index contributed by atoms with van der Waals surface area (Å²) in [7, 11) is 1.93. The number of nitrogens with zero attached hydrogens (tertiary/aromatic N) is 3. The third-order valence-corrected chi connectivity index (χ3v) is 4.56.